The summed E-state index contributed by atoms with van der Waals surface area (Å²) in [6.45, 7) is 5.19. The number of hydrogen-bond donors (Lipinski definition) is 1. The van der Waals surface area contributed by atoms with Crippen molar-refractivity contribution in [3.8, 4) is 5.75 Å². The van der Waals surface area contributed by atoms with E-state index in [2.05, 4.69) is 12.2 Å². The summed E-state index contributed by atoms with van der Waals surface area (Å²) in [5.74, 6) is 0.0612. The first-order valence-corrected chi connectivity index (χ1v) is 16.4. The van der Waals surface area contributed by atoms with Gasteiger partial charge in [0.1, 0.15) is 11.8 Å². The van der Waals surface area contributed by atoms with Crippen LogP contribution in [0.25, 0.3) is 0 Å². The molecule has 0 saturated heterocycles. The lowest BCUT2D eigenvalue weighted by Gasteiger charge is -2.32. The third-order valence-electron chi connectivity index (χ3n) is 6.88. The standard InChI is InChI=1S/C33H43N3O5S/c1-4-6-23-34-33(38)30(25-27-16-9-7-10-17-27)35(26-28-18-11-8-12-19-28)32(37)22-15-24-36(42(3,39)40)29-20-13-14-21-31(29)41-5-2/h7-14,16-21,30H,4-6,15,22-26H2,1-3H3,(H,34,38). The van der Waals surface area contributed by atoms with E-state index < -0.39 is 16.1 Å². The molecule has 3 rings (SSSR count). The summed E-state index contributed by atoms with van der Waals surface area (Å²) in [5.41, 5.74) is 2.30. The van der Waals surface area contributed by atoms with Gasteiger partial charge in [-0.3, -0.25) is 13.9 Å². The fourth-order valence-electron chi connectivity index (χ4n) is 4.76. The molecule has 0 heterocycles. The molecule has 226 valence electrons. The normalized spacial score (nSPS) is 11.9. The Morgan fingerprint density at radius 3 is 2.10 bits per heavy atom. The first-order chi connectivity index (χ1) is 20.2. The minimum Gasteiger partial charge on any atom is -0.492 e. The van der Waals surface area contributed by atoms with Crippen LogP contribution in [0.1, 0.15) is 50.7 Å². The molecule has 3 aromatic rings. The van der Waals surface area contributed by atoms with Gasteiger partial charge in [0.15, 0.2) is 0 Å². The van der Waals surface area contributed by atoms with Crippen molar-refractivity contribution in [2.45, 2.75) is 58.5 Å². The van der Waals surface area contributed by atoms with Crippen LogP contribution >= 0.6 is 0 Å². The van der Waals surface area contributed by atoms with Crippen molar-refractivity contribution in [1.29, 1.82) is 0 Å². The van der Waals surface area contributed by atoms with Gasteiger partial charge in [0, 0.05) is 32.5 Å². The molecule has 0 aliphatic carbocycles. The fourth-order valence-corrected chi connectivity index (χ4v) is 5.73. The number of nitrogens with zero attached hydrogens (tertiary/aromatic N) is 2. The monoisotopic (exact) mass is 593 g/mol. The van der Waals surface area contributed by atoms with E-state index in [0.717, 1.165) is 30.2 Å². The maximum atomic E-state index is 13.9. The van der Waals surface area contributed by atoms with E-state index in [1.54, 1.807) is 29.2 Å². The molecule has 0 saturated carbocycles. The smallest absolute Gasteiger partial charge is 0.243 e. The number of hydrogen-bond acceptors (Lipinski definition) is 5. The van der Waals surface area contributed by atoms with E-state index >= 15 is 0 Å². The molecule has 1 atom stereocenters. The quantitative estimate of drug-likeness (QED) is 0.218. The van der Waals surface area contributed by atoms with Gasteiger partial charge in [0.2, 0.25) is 21.8 Å². The number of ether oxygens (including phenoxy) is 1. The van der Waals surface area contributed by atoms with Gasteiger partial charge < -0.3 is 15.0 Å². The summed E-state index contributed by atoms with van der Waals surface area (Å²) >= 11 is 0. The Labute approximate surface area is 250 Å². The van der Waals surface area contributed by atoms with E-state index in [1.165, 1.54) is 4.31 Å². The molecule has 0 radical (unpaired) electrons. The summed E-state index contributed by atoms with van der Waals surface area (Å²) in [6.07, 6.45) is 3.65. The topological polar surface area (TPSA) is 96.0 Å². The molecule has 0 spiro atoms. The summed E-state index contributed by atoms with van der Waals surface area (Å²) in [6, 6.07) is 25.5. The predicted molar refractivity (Wildman–Crippen MR) is 168 cm³/mol. The largest absolute Gasteiger partial charge is 0.492 e. The Kier molecular flexibility index (Phi) is 12.9. The molecule has 0 aliphatic rings. The highest BCUT2D eigenvalue weighted by Gasteiger charge is 2.30. The van der Waals surface area contributed by atoms with Gasteiger partial charge in [-0.25, -0.2) is 8.42 Å². The third-order valence-corrected chi connectivity index (χ3v) is 8.06. The van der Waals surface area contributed by atoms with Crippen LogP contribution in [0.5, 0.6) is 5.75 Å². The number of unbranched alkanes of at least 4 members (excludes halogenated alkanes) is 1. The van der Waals surface area contributed by atoms with Crippen molar-refractivity contribution < 1.29 is 22.7 Å². The molecule has 2 amide bonds. The van der Waals surface area contributed by atoms with Crippen LogP contribution in [-0.2, 0) is 32.6 Å². The van der Waals surface area contributed by atoms with E-state index in [1.807, 2.05) is 67.6 Å². The molecule has 1 N–H and O–H groups in total. The zero-order valence-corrected chi connectivity index (χ0v) is 25.7. The average Bonchev–Trinajstić information content (AvgIpc) is 2.98. The molecule has 3 aromatic carbocycles. The third kappa shape index (κ3) is 9.91. The molecule has 9 heteroatoms. The minimum atomic E-state index is -3.64. The zero-order chi connectivity index (χ0) is 30.4. The van der Waals surface area contributed by atoms with E-state index in [4.69, 9.17) is 4.74 Å². The molecule has 1 unspecified atom stereocenters. The van der Waals surface area contributed by atoms with Crippen LogP contribution in [0.2, 0.25) is 0 Å². The number of benzene rings is 3. The lowest BCUT2D eigenvalue weighted by Crippen LogP contribution is -2.50. The maximum Gasteiger partial charge on any atom is 0.243 e. The second-order valence-electron chi connectivity index (χ2n) is 10.2. The molecule has 8 nitrogen and oxygen atoms in total. The van der Waals surface area contributed by atoms with Gasteiger partial charge in [-0.2, -0.15) is 0 Å². The summed E-state index contributed by atoms with van der Waals surface area (Å²) < 4.78 is 32.5. The van der Waals surface area contributed by atoms with Crippen LogP contribution in [0.3, 0.4) is 0 Å². The fraction of sp³-hybridized carbons (Fsp3) is 0.394. The van der Waals surface area contributed by atoms with Crippen molar-refractivity contribution in [2.24, 2.45) is 0 Å². The lowest BCUT2D eigenvalue weighted by atomic mass is 10.0. The molecule has 0 aromatic heterocycles. The van der Waals surface area contributed by atoms with Gasteiger partial charge in [-0.15, -0.1) is 0 Å². The number of rotatable bonds is 17. The van der Waals surface area contributed by atoms with Gasteiger partial charge in [-0.05, 0) is 43.0 Å². The van der Waals surface area contributed by atoms with E-state index in [9.17, 15) is 18.0 Å². The van der Waals surface area contributed by atoms with Crippen molar-refractivity contribution in [1.82, 2.24) is 10.2 Å². The van der Waals surface area contributed by atoms with Crippen LogP contribution in [0.4, 0.5) is 5.69 Å². The van der Waals surface area contributed by atoms with E-state index in [0.29, 0.717) is 31.0 Å². The van der Waals surface area contributed by atoms with Crippen LogP contribution < -0.4 is 14.4 Å². The van der Waals surface area contributed by atoms with E-state index in [-0.39, 0.29) is 37.7 Å². The van der Waals surface area contributed by atoms with Gasteiger partial charge in [0.25, 0.3) is 0 Å². The maximum absolute atomic E-state index is 13.9. The number of nitrogens with one attached hydrogen (secondary N) is 1. The second kappa shape index (κ2) is 16.6. The summed E-state index contributed by atoms with van der Waals surface area (Å²) in [5, 5.41) is 3.02. The summed E-state index contributed by atoms with van der Waals surface area (Å²) in [4.78, 5) is 29.1. The molecule has 42 heavy (non-hydrogen) atoms. The molecule has 0 bridgehead atoms. The van der Waals surface area contributed by atoms with Crippen LogP contribution in [-0.4, -0.2) is 57.1 Å². The Bertz CT molecular complexity index is 1370. The number of sulfonamides is 1. The second-order valence-corrected chi connectivity index (χ2v) is 12.1. The SMILES string of the molecule is CCCCNC(=O)C(Cc1ccccc1)N(Cc1ccccc1)C(=O)CCCN(c1ccccc1OCC)S(C)(=O)=O. The van der Waals surface area contributed by atoms with Crippen molar-refractivity contribution in [2.75, 3.05) is 30.3 Å². The Morgan fingerprint density at radius 2 is 1.48 bits per heavy atom. The highest BCUT2D eigenvalue weighted by Crippen LogP contribution is 2.30. The predicted octanol–water partition coefficient (Wildman–Crippen LogP) is 5.19. The van der Waals surface area contributed by atoms with Crippen molar-refractivity contribution >= 4 is 27.5 Å². The molecule has 0 fully saturated rings. The number of carbonyl (C=O) groups excluding carboxylic acids is 2. The molecular formula is C33H43N3O5S. The van der Waals surface area contributed by atoms with Crippen molar-refractivity contribution in [3.63, 3.8) is 0 Å². The number of amides is 2. The molecule has 0 aliphatic heterocycles. The minimum absolute atomic E-state index is 0.0726. The zero-order valence-electron chi connectivity index (χ0n) is 24.9. The van der Waals surface area contributed by atoms with Crippen molar-refractivity contribution in [3.05, 3.63) is 96.1 Å². The lowest BCUT2D eigenvalue weighted by molar-refractivity contribution is -0.141. The van der Waals surface area contributed by atoms with Crippen LogP contribution in [0.15, 0.2) is 84.9 Å². The highest BCUT2D eigenvalue weighted by atomic mass is 32.2. The first kappa shape index (κ1) is 32.7. The Hall–Kier alpha value is -3.85. The number of anilines is 1. The van der Waals surface area contributed by atoms with Gasteiger partial charge >= 0.3 is 0 Å². The first-order valence-electron chi connectivity index (χ1n) is 14.6. The number of carbonyl (C=O) groups is 2. The van der Waals surface area contributed by atoms with Gasteiger partial charge in [-0.1, -0.05) is 86.1 Å². The Balaban J connectivity index is 1.86. The Morgan fingerprint density at radius 1 is 0.857 bits per heavy atom. The highest BCUT2D eigenvalue weighted by molar-refractivity contribution is 7.92. The van der Waals surface area contributed by atoms with Gasteiger partial charge in [0.05, 0.1) is 18.6 Å². The number of para-hydroxylation sites is 2. The average molecular weight is 594 g/mol. The molecular weight excluding hydrogens is 550 g/mol. The summed E-state index contributed by atoms with van der Waals surface area (Å²) in [7, 11) is -3.64. The van der Waals surface area contributed by atoms with Crippen LogP contribution in [0, 0.1) is 0 Å².